The van der Waals surface area contributed by atoms with Gasteiger partial charge in [-0.1, -0.05) is 12.1 Å². The highest BCUT2D eigenvalue weighted by Gasteiger charge is 2.33. The van der Waals surface area contributed by atoms with E-state index < -0.39 is 0 Å². The van der Waals surface area contributed by atoms with Gasteiger partial charge in [0, 0.05) is 18.9 Å². The molecule has 0 saturated heterocycles. The molecule has 142 valence electrons. The number of aromatic hydroxyl groups is 1. The second kappa shape index (κ2) is 7.57. The molecule has 3 rings (SSSR count). The van der Waals surface area contributed by atoms with Crippen LogP contribution in [0, 0.1) is 0 Å². The molecule has 0 bridgehead atoms. The lowest BCUT2D eigenvalue weighted by atomic mass is 9.97. The predicted molar refractivity (Wildman–Crippen MR) is 101 cm³/mol. The summed E-state index contributed by atoms with van der Waals surface area (Å²) in [7, 11) is 4.64. The van der Waals surface area contributed by atoms with Crippen LogP contribution in [0.3, 0.4) is 0 Å². The van der Waals surface area contributed by atoms with Crippen LogP contribution < -0.4 is 14.2 Å². The first-order chi connectivity index (χ1) is 13.0. The zero-order valence-corrected chi connectivity index (χ0v) is 15.7. The van der Waals surface area contributed by atoms with Crippen LogP contribution >= 0.6 is 0 Å². The van der Waals surface area contributed by atoms with Crippen molar-refractivity contribution < 1.29 is 24.1 Å². The van der Waals surface area contributed by atoms with Gasteiger partial charge in [-0.05, 0) is 29.8 Å². The molecule has 7 heteroatoms. The van der Waals surface area contributed by atoms with Crippen molar-refractivity contribution in [2.45, 2.75) is 19.4 Å². The zero-order chi connectivity index (χ0) is 19.6. The van der Waals surface area contributed by atoms with Gasteiger partial charge in [0.05, 0.1) is 33.1 Å². The lowest BCUT2D eigenvalue weighted by molar-refractivity contribution is -0.130. The van der Waals surface area contributed by atoms with Crippen LogP contribution in [0.2, 0.25) is 0 Å². The summed E-state index contributed by atoms with van der Waals surface area (Å²) in [6.07, 6.45) is 0.502. The van der Waals surface area contributed by atoms with Crippen LogP contribution in [0.5, 0.6) is 23.0 Å². The topological polar surface area (TPSA) is 80.6 Å². The highest BCUT2D eigenvalue weighted by Crippen LogP contribution is 2.43. The molecule has 0 saturated carbocycles. The number of nitrogens with zero attached hydrogens (tertiary/aromatic N) is 2. The second-order valence-corrected chi connectivity index (χ2v) is 6.14. The fourth-order valence-electron chi connectivity index (χ4n) is 3.21. The Morgan fingerprint density at radius 3 is 2.30 bits per heavy atom. The molecule has 1 heterocycles. The van der Waals surface area contributed by atoms with E-state index >= 15 is 0 Å². The first kappa shape index (κ1) is 18.6. The smallest absolute Gasteiger partial charge is 0.240 e. The second-order valence-electron chi connectivity index (χ2n) is 6.14. The van der Waals surface area contributed by atoms with Gasteiger partial charge in [0.1, 0.15) is 5.75 Å². The Morgan fingerprint density at radius 1 is 1.11 bits per heavy atom. The average molecular weight is 370 g/mol. The number of hydrogen-bond donors (Lipinski definition) is 1. The predicted octanol–water partition coefficient (Wildman–Crippen LogP) is 3.12. The highest BCUT2D eigenvalue weighted by atomic mass is 16.5. The Kier molecular flexibility index (Phi) is 5.21. The van der Waals surface area contributed by atoms with Crippen LogP contribution in [0.4, 0.5) is 0 Å². The van der Waals surface area contributed by atoms with Gasteiger partial charge in [0.2, 0.25) is 11.7 Å². The number of phenolic OH excluding ortho intramolecular Hbond substituents is 1. The number of ether oxygens (including phenoxy) is 3. The van der Waals surface area contributed by atoms with Crippen LogP contribution in [-0.4, -0.2) is 43.1 Å². The molecule has 0 aromatic heterocycles. The normalized spacial score (nSPS) is 16.1. The maximum absolute atomic E-state index is 12.2. The monoisotopic (exact) mass is 370 g/mol. The number of rotatable bonds is 5. The Hall–Kier alpha value is -3.22. The fraction of sp³-hybridized carbons (Fsp3) is 0.300. The number of carbonyl (C=O) groups is 1. The molecule has 0 spiro atoms. The molecule has 1 N–H and O–H groups in total. The van der Waals surface area contributed by atoms with E-state index in [2.05, 4.69) is 5.10 Å². The SMILES string of the molecule is COc1cc([C@H]2CC(c3cccc(O)c3)=NN2C(C)=O)cc(OC)c1OC. The van der Waals surface area contributed by atoms with E-state index in [1.807, 2.05) is 18.2 Å². The van der Waals surface area contributed by atoms with Crippen LogP contribution in [0.25, 0.3) is 0 Å². The summed E-state index contributed by atoms with van der Waals surface area (Å²) >= 11 is 0. The number of amides is 1. The van der Waals surface area contributed by atoms with Crippen molar-refractivity contribution in [3.8, 4) is 23.0 Å². The van der Waals surface area contributed by atoms with E-state index in [0.29, 0.717) is 23.7 Å². The molecule has 2 aromatic rings. The Bertz CT molecular complexity index is 869. The van der Waals surface area contributed by atoms with Crippen molar-refractivity contribution in [2.75, 3.05) is 21.3 Å². The summed E-state index contributed by atoms with van der Waals surface area (Å²) in [6, 6.07) is 10.2. The van der Waals surface area contributed by atoms with Crippen molar-refractivity contribution in [1.82, 2.24) is 5.01 Å². The zero-order valence-electron chi connectivity index (χ0n) is 15.7. The minimum atomic E-state index is -0.312. The number of hydrazone groups is 1. The van der Waals surface area contributed by atoms with Crippen LogP contribution in [0.15, 0.2) is 41.5 Å². The standard InChI is InChI=1S/C20H22N2O5/c1-12(23)22-17(11-16(21-22)13-6-5-7-15(24)8-13)14-9-18(25-2)20(27-4)19(10-14)26-3/h5-10,17,24H,11H2,1-4H3/t17-/m1/s1. The van der Waals surface area contributed by atoms with Crippen molar-refractivity contribution in [3.63, 3.8) is 0 Å². The minimum absolute atomic E-state index is 0.154. The molecule has 0 fully saturated rings. The van der Waals surface area contributed by atoms with Gasteiger partial charge in [-0.3, -0.25) is 4.79 Å². The number of methoxy groups -OCH3 is 3. The quantitative estimate of drug-likeness (QED) is 0.875. The van der Waals surface area contributed by atoms with Gasteiger partial charge in [0.25, 0.3) is 0 Å². The van der Waals surface area contributed by atoms with Crippen molar-refractivity contribution in [3.05, 3.63) is 47.5 Å². The Balaban J connectivity index is 2.03. The molecule has 7 nitrogen and oxygen atoms in total. The fourth-order valence-corrected chi connectivity index (χ4v) is 3.21. The third-order valence-corrected chi connectivity index (χ3v) is 4.48. The molecule has 1 aliphatic rings. The first-order valence-corrected chi connectivity index (χ1v) is 8.45. The molecule has 1 aliphatic heterocycles. The molecule has 1 amide bonds. The molecule has 0 unspecified atom stereocenters. The van der Waals surface area contributed by atoms with Crippen molar-refractivity contribution in [2.24, 2.45) is 5.10 Å². The van der Waals surface area contributed by atoms with Gasteiger partial charge in [-0.2, -0.15) is 5.10 Å². The maximum atomic E-state index is 12.2. The van der Waals surface area contributed by atoms with Crippen molar-refractivity contribution in [1.29, 1.82) is 0 Å². The Labute approximate surface area is 157 Å². The van der Waals surface area contributed by atoms with E-state index in [-0.39, 0.29) is 17.7 Å². The van der Waals surface area contributed by atoms with E-state index in [4.69, 9.17) is 14.2 Å². The number of phenols is 1. The summed E-state index contributed by atoms with van der Waals surface area (Å²) in [5, 5.41) is 15.7. The molecule has 0 radical (unpaired) electrons. The van der Waals surface area contributed by atoms with Gasteiger partial charge in [-0.25, -0.2) is 5.01 Å². The van der Waals surface area contributed by atoms with Gasteiger partial charge in [0.15, 0.2) is 11.5 Å². The molecule has 0 aliphatic carbocycles. The average Bonchev–Trinajstić information content (AvgIpc) is 3.12. The Morgan fingerprint density at radius 2 is 1.78 bits per heavy atom. The highest BCUT2D eigenvalue weighted by molar-refractivity contribution is 6.03. The number of hydrogen-bond acceptors (Lipinski definition) is 6. The largest absolute Gasteiger partial charge is 0.508 e. The molecule has 2 aromatic carbocycles. The third kappa shape index (κ3) is 3.53. The lowest BCUT2D eigenvalue weighted by Crippen LogP contribution is -2.24. The van der Waals surface area contributed by atoms with Gasteiger partial charge < -0.3 is 19.3 Å². The molecule has 27 heavy (non-hydrogen) atoms. The van der Waals surface area contributed by atoms with Crippen LogP contribution in [0.1, 0.15) is 30.5 Å². The number of benzene rings is 2. The minimum Gasteiger partial charge on any atom is -0.508 e. The van der Waals surface area contributed by atoms with Gasteiger partial charge >= 0.3 is 0 Å². The van der Waals surface area contributed by atoms with E-state index in [1.54, 1.807) is 39.5 Å². The molecular formula is C20H22N2O5. The summed E-state index contributed by atoms with van der Waals surface area (Å²) in [4.78, 5) is 12.2. The summed E-state index contributed by atoms with van der Waals surface area (Å²) in [6.45, 7) is 1.47. The van der Waals surface area contributed by atoms with E-state index in [0.717, 1.165) is 16.8 Å². The third-order valence-electron chi connectivity index (χ3n) is 4.48. The van der Waals surface area contributed by atoms with E-state index in [9.17, 15) is 9.90 Å². The molecular weight excluding hydrogens is 348 g/mol. The summed E-state index contributed by atoms with van der Waals surface area (Å²) in [5.41, 5.74) is 2.31. The first-order valence-electron chi connectivity index (χ1n) is 8.45. The summed E-state index contributed by atoms with van der Waals surface area (Å²) in [5.74, 6) is 1.50. The summed E-state index contributed by atoms with van der Waals surface area (Å²) < 4.78 is 16.2. The lowest BCUT2D eigenvalue weighted by Gasteiger charge is -2.22. The van der Waals surface area contributed by atoms with Gasteiger partial charge in [-0.15, -0.1) is 0 Å². The number of carbonyl (C=O) groups excluding carboxylic acids is 1. The van der Waals surface area contributed by atoms with E-state index in [1.165, 1.54) is 11.9 Å². The maximum Gasteiger partial charge on any atom is 0.240 e. The molecule has 1 atom stereocenters. The van der Waals surface area contributed by atoms with Crippen LogP contribution in [-0.2, 0) is 4.79 Å². The van der Waals surface area contributed by atoms with Crippen molar-refractivity contribution >= 4 is 11.6 Å².